The van der Waals surface area contributed by atoms with Crippen molar-refractivity contribution in [2.75, 3.05) is 0 Å². The van der Waals surface area contributed by atoms with Gasteiger partial charge in [0.15, 0.2) is 0 Å². The number of aromatic nitrogens is 2. The van der Waals surface area contributed by atoms with E-state index in [-0.39, 0.29) is 0 Å². The van der Waals surface area contributed by atoms with Crippen LogP contribution in [0.2, 0.25) is 0 Å². The van der Waals surface area contributed by atoms with Gasteiger partial charge in [0, 0.05) is 35.8 Å². The predicted molar refractivity (Wildman–Crippen MR) is 166 cm³/mol. The largest absolute Gasteiger partial charge is 0.244 e. The zero-order chi connectivity index (χ0) is 26.0. The first-order valence-electron chi connectivity index (χ1n) is 12.8. The molecule has 4 heteroatoms. The lowest BCUT2D eigenvalue weighted by Gasteiger charge is -2.14. The van der Waals surface area contributed by atoms with Crippen LogP contribution >= 0.6 is 22.7 Å². The Kier molecular flexibility index (Phi) is 5.43. The maximum Gasteiger partial charge on any atom is 0.0984 e. The van der Waals surface area contributed by atoms with E-state index in [1.165, 1.54) is 41.1 Å². The van der Waals surface area contributed by atoms with Crippen LogP contribution in [0, 0.1) is 27.7 Å². The summed E-state index contributed by atoms with van der Waals surface area (Å²) in [5.74, 6) is 0. The Morgan fingerprint density at radius 2 is 1.11 bits per heavy atom. The molecule has 184 valence electrons. The van der Waals surface area contributed by atoms with Crippen molar-refractivity contribution in [2.24, 2.45) is 0 Å². The van der Waals surface area contributed by atoms with E-state index >= 15 is 0 Å². The van der Waals surface area contributed by atoms with Crippen LogP contribution in [0.25, 0.3) is 64.2 Å². The van der Waals surface area contributed by atoms with Gasteiger partial charge in [-0.15, -0.1) is 22.7 Å². The van der Waals surface area contributed by atoms with Crippen LogP contribution in [0.1, 0.15) is 21.6 Å². The fourth-order valence-corrected chi connectivity index (χ4v) is 7.79. The topological polar surface area (TPSA) is 25.8 Å². The molecule has 0 N–H and O–H groups in total. The van der Waals surface area contributed by atoms with Crippen LogP contribution in [0.5, 0.6) is 0 Å². The molecule has 0 aliphatic heterocycles. The van der Waals surface area contributed by atoms with Gasteiger partial charge in [-0.1, -0.05) is 72.8 Å². The summed E-state index contributed by atoms with van der Waals surface area (Å²) in [6, 6.07) is 30.0. The Hall–Kier alpha value is -3.86. The molecule has 0 bridgehead atoms. The lowest BCUT2D eigenvalue weighted by Crippen LogP contribution is -1.98. The molecular formula is C34H26N2S2. The average Bonchev–Trinajstić information content (AvgIpc) is 3.57. The zero-order valence-electron chi connectivity index (χ0n) is 21.8. The first-order chi connectivity index (χ1) is 18.5. The fraction of sp³-hybridized carbons (Fsp3) is 0.118. The van der Waals surface area contributed by atoms with Gasteiger partial charge in [0.1, 0.15) is 0 Å². The Bertz CT molecular complexity index is 1940. The molecule has 3 heterocycles. The van der Waals surface area contributed by atoms with Crippen LogP contribution in [0.3, 0.4) is 0 Å². The van der Waals surface area contributed by atoms with Crippen molar-refractivity contribution in [2.45, 2.75) is 27.7 Å². The minimum atomic E-state index is 0.917. The number of fused-ring (bicyclic) bond motifs is 3. The highest BCUT2D eigenvalue weighted by Crippen LogP contribution is 2.45. The number of benzene rings is 4. The Morgan fingerprint density at radius 1 is 0.553 bits per heavy atom. The van der Waals surface area contributed by atoms with Gasteiger partial charge >= 0.3 is 0 Å². The third-order valence-electron chi connectivity index (χ3n) is 7.46. The van der Waals surface area contributed by atoms with Gasteiger partial charge in [-0.25, -0.2) is 9.97 Å². The molecule has 4 aromatic carbocycles. The standard InChI is InChI=1S/C34H26N2S2/c1-19-15-16-25(28-18-27-22(4)33-26(17-20(2)37-33)21(3)34(27)38-28)32-29(19)35-30(23-11-7-5-8-12-23)31(36-32)24-13-9-6-10-14-24/h5-18H,1-4H3. The van der Waals surface area contributed by atoms with Crippen molar-refractivity contribution >= 4 is 53.9 Å². The first-order valence-corrected chi connectivity index (χ1v) is 14.5. The summed E-state index contributed by atoms with van der Waals surface area (Å²) in [7, 11) is 0. The Labute approximate surface area is 230 Å². The maximum atomic E-state index is 5.38. The number of nitrogens with zero attached hydrogens (tertiary/aromatic N) is 2. The quantitative estimate of drug-likeness (QED) is 0.229. The molecule has 0 radical (unpaired) electrons. The van der Waals surface area contributed by atoms with E-state index in [4.69, 9.17) is 9.97 Å². The molecular weight excluding hydrogens is 501 g/mol. The van der Waals surface area contributed by atoms with Crippen LogP contribution in [0.15, 0.2) is 84.9 Å². The summed E-state index contributed by atoms with van der Waals surface area (Å²) in [5.41, 5.74) is 10.9. The average molecular weight is 527 g/mol. The molecule has 3 aromatic heterocycles. The van der Waals surface area contributed by atoms with Gasteiger partial charge in [-0.3, -0.25) is 0 Å². The van der Waals surface area contributed by atoms with Crippen molar-refractivity contribution in [1.29, 1.82) is 0 Å². The smallest absolute Gasteiger partial charge is 0.0984 e. The molecule has 0 unspecified atom stereocenters. The highest BCUT2D eigenvalue weighted by molar-refractivity contribution is 7.23. The Balaban J connectivity index is 1.53. The summed E-state index contributed by atoms with van der Waals surface area (Å²) < 4.78 is 2.78. The second-order valence-electron chi connectivity index (χ2n) is 9.98. The molecule has 0 saturated heterocycles. The van der Waals surface area contributed by atoms with E-state index in [0.29, 0.717) is 0 Å². The maximum absolute atomic E-state index is 5.38. The monoisotopic (exact) mass is 526 g/mol. The minimum Gasteiger partial charge on any atom is -0.244 e. The summed E-state index contributed by atoms with van der Waals surface area (Å²) >= 11 is 3.77. The summed E-state index contributed by atoms with van der Waals surface area (Å²) in [6.45, 7) is 8.87. The van der Waals surface area contributed by atoms with E-state index in [0.717, 1.165) is 44.7 Å². The number of rotatable bonds is 3. The van der Waals surface area contributed by atoms with Gasteiger partial charge in [0.25, 0.3) is 0 Å². The van der Waals surface area contributed by atoms with E-state index in [2.05, 4.69) is 100 Å². The van der Waals surface area contributed by atoms with E-state index in [1.54, 1.807) is 0 Å². The van der Waals surface area contributed by atoms with Crippen LogP contribution in [-0.4, -0.2) is 9.97 Å². The molecule has 0 aliphatic rings. The molecule has 0 fully saturated rings. The summed E-state index contributed by atoms with van der Waals surface area (Å²) in [6.07, 6.45) is 0. The molecule has 0 spiro atoms. The molecule has 0 aliphatic carbocycles. The molecule has 7 aromatic rings. The second kappa shape index (κ2) is 8.87. The predicted octanol–water partition coefficient (Wildman–Crippen LogP) is 10.3. The Morgan fingerprint density at radius 3 is 1.74 bits per heavy atom. The van der Waals surface area contributed by atoms with Crippen molar-refractivity contribution in [3.05, 3.63) is 106 Å². The molecule has 0 saturated carbocycles. The third kappa shape index (κ3) is 3.59. The number of hydrogen-bond donors (Lipinski definition) is 0. The number of aryl methyl sites for hydroxylation is 4. The first kappa shape index (κ1) is 23.3. The number of thiophene rings is 2. The van der Waals surface area contributed by atoms with Crippen LogP contribution in [0.4, 0.5) is 0 Å². The lowest BCUT2D eigenvalue weighted by atomic mass is 10.0. The molecule has 2 nitrogen and oxygen atoms in total. The third-order valence-corrected chi connectivity index (χ3v) is 9.92. The van der Waals surface area contributed by atoms with Gasteiger partial charge in [-0.2, -0.15) is 0 Å². The molecule has 0 amide bonds. The van der Waals surface area contributed by atoms with E-state index in [9.17, 15) is 0 Å². The van der Waals surface area contributed by atoms with E-state index < -0.39 is 0 Å². The van der Waals surface area contributed by atoms with E-state index in [1.807, 2.05) is 34.8 Å². The highest BCUT2D eigenvalue weighted by atomic mass is 32.1. The molecule has 7 rings (SSSR count). The van der Waals surface area contributed by atoms with Crippen molar-refractivity contribution in [1.82, 2.24) is 9.97 Å². The van der Waals surface area contributed by atoms with Gasteiger partial charge in [0.2, 0.25) is 0 Å². The van der Waals surface area contributed by atoms with Crippen molar-refractivity contribution < 1.29 is 0 Å². The van der Waals surface area contributed by atoms with Gasteiger partial charge in [0.05, 0.1) is 22.4 Å². The SMILES string of the molecule is Cc1cc2c(C)c3sc(-c4ccc(C)c5nc(-c6ccccc6)c(-c6ccccc6)nc45)cc3c(C)c2s1. The van der Waals surface area contributed by atoms with Crippen molar-refractivity contribution in [3.63, 3.8) is 0 Å². The van der Waals surface area contributed by atoms with Gasteiger partial charge in [-0.05, 0) is 67.3 Å². The summed E-state index contributed by atoms with van der Waals surface area (Å²) in [5, 5.41) is 2.74. The zero-order valence-corrected chi connectivity index (χ0v) is 23.4. The highest BCUT2D eigenvalue weighted by Gasteiger charge is 2.20. The lowest BCUT2D eigenvalue weighted by molar-refractivity contribution is 1.27. The minimum absolute atomic E-state index is 0.917. The molecule has 0 atom stereocenters. The van der Waals surface area contributed by atoms with Crippen molar-refractivity contribution in [3.8, 4) is 33.0 Å². The normalized spacial score (nSPS) is 11.7. The van der Waals surface area contributed by atoms with Crippen LogP contribution < -0.4 is 0 Å². The number of hydrogen-bond acceptors (Lipinski definition) is 4. The molecule has 38 heavy (non-hydrogen) atoms. The second-order valence-corrected chi connectivity index (χ2v) is 12.3. The summed E-state index contributed by atoms with van der Waals surface area (Å²) in [4.78, 5) is 13.3. The fourth-order valence-electron chi connectivity index (χ4n) is 5.45. The van der Waals surface area contributed by atoms with Crippen LogP contribution in [-0.2, 0) is 0 Å². The van der Waals surface area contributed by atoms with Gasteiger partial charge < -0.3 is 0 Å².